The largest absolute Gasteiger partial charge is 0.508 e. The second-order valence-corrected chi connectivity index (χ2v) is 13.5. The molecular weight excluding hydrogens is 554 g/mol. The van der Waals surface area contributed by atoms with Crippen molar-refractivity contribution in [1.29, 1.82) is 0 Å². The number of halogens is 4. The summed E-state index contributed by atoms with van der Waals surface area (Å²) in [7, 11) is -1.43. The summed E-state index contributed by atoms with van der Waals surface area (Å²) in [5.41, 5.74) is 5.94. The normalized spacial score (nSPS) is 14.4. The first kappa shape index (κ1) is 33.1. The summed E-state index contributed by atoms with van der Waals surface area (Å²) in [4.78, 5) is 2.18. The van der Waals surface area contributed by atoms with E-state index in [9.17, 15) is 31.1 Å². The van der Waals surface area contributed by atoms with Gasteiger partial charge in [-0.25, -0.2) is 12.8 Å². The van der Waals surface area contributed by atoms with Gasteiger partial charge in [-0.2, -0.15) is 13.2 Å². The molecule has 0 atom stereocenters. The number of phenols is 1. The molecule has 0 bridgehead atoms. The molecule has 0 amide bonds. The molecule has 2 aromatic carbocycles. The topological polar surface area (TPSA) is 57.6 Å². The zero-order valence-electron chi connectivity index (χ0n) is 24.0. The van der Waals surface area contributed by atoms with Crippen LogP contribution in [0.2, 0.25) is 0 Å². The molecule has 9 heteroatoms. The van der Waals surface area contributed by atoms with Crippen molar-refractivity contribution >= 4 is 21.0 Å². The van der Waals surface area contributed by atoms with E-state index in [1.807, 2.05) is 31.3 Å². The van der Waals surface area contributed by atoms with Gasteiger partial charge in [0.1, 0.15) is 21.4 Å². The van der Waals surface area contributed by atoms with E-state index < -0.39 is 28.2 Å². The number of sulfone groups is 1. The number of fused-ring (bicyclic) bond motifs is 1. The van der Waals surface area contributed by atoms with Gasteiger partial charge < -0.3 is 10.0 Å². The van der Waals surface area contributed by atoms with Crippen LogP contribution in [0.15, 0.2) is 42.5 Å². The quantitative estimate of drug-likeness (QED) is 0.157. The van der Waals surface area contributed by atoms with E-state index in [0.717, 1.165) is 75.6 Å². The van der Waals surface area contributed by atoms with Gasteiger partial charge in [0.05, 0.1) is 11.5 Å². The SMILES string of the molecule is CN(CCCCCCC1=C(c2ccc(F)cc2)CCCc2cc(O)ccc21)CCCCS(=O)(=O)CCCC(F)(F)F. The molecule has 0 saturated heterocycles. The number of hydrogen-bond acceptors (Lipinski definition) is 4. The van der Waals surface area contributed by atoms with Crippen molar-refractivity contribution in [1.82, 2.24) is 4.90 Å². The van der Waals surface area contributed by atoms with Crippen molar-refractivity contribution in [3.8, 4) is 5.75 Å². The average Bonchev–Trinajstić information content (AvgIpc) is 3.07. The van der Waals surface area contributed by atoms with Crippen LogP contribution in [-0.4, -0.2) is 56.2 Å². The molecule has 0 spiro atoms. The van der Waals surface area contributed by atoms with E-state index in [1.54, 1.807) is 6.07 Å². The lowest BCUT2D eigenvalue weighted by molar-refractivity contribution is -0.134. The Labute approximate surface area is 242 Å². The highest BCUT2D eigenvalue weighted by Crippen LogP contribution is 2.39. The lowest BCUT2D eigenvalue weighted by atomic mass is 9.89. The highest BCUT2D eigenvalue weighted by molar-refractivity contribution is 7.91. The fourth-order valence-corrected chi connectivity index (χ4v) is 6.99. The highest BCUT2D eigenvalue weighted by atomic mass is 32.2. The standard InChI is InChI=1S/C32H43F4NO3S/c1-37(21-6-7-22-41(39,40)23-9-19-32(34,35)36)20-5-3-2-4-11-31-29(25-13-15-27(33)16-14-25)12-8-10-26-24-28(38)17-18-30(26)31/h13-18,24,38H,2-12,19-23H2,1H3. The minimum Gasteiger partial charge on any atom is -0.508 e. The molecule has 0 fully saturated rings. The Kier molecular flexibility index (Phi) is 12.7. The molecule has 228 valence electrons. The first-order valence-corrected chi connectivity index (χ1v) is 16.5. The van der Waals surface area contributed by atoms with Crippen LogP contribution in [0.1, 0.15) is 87.3 Å². The van der Waals surface area contributed by atoms with E-state index >= 15 is 0 Å². The molecule has 4 nitrogen and oxygen atoms in total. The summed E-state index contributed by atoms with van der Waals surface area (Å²) in [5.74, 6) is -0.430. The molecule has 1 N–H and O–H groups in total. The third kappa shape index (κ3) is 11.8. The van der Waals surface area contributed by atoms with Crippen LogP contribution in [0.3, 0.4) is 0 Å². The van der Waals surface area contributed by atoms with Gasteiger partial charge in [0.25, 0.3) is 0 Å². The maximum absolute atomic E-state index is 13.6. The van der Waals surface area contributed by atoms with Crippen molar-refractivity contribution in [3.05, 3.63) is 65.0 Å². The van der Waals surface area contributed by atoms with E-state index in [4.69, 9.17) is 0 Å². The lowest BCUT2D eigenvalue weighted by Gasteiger charge is -2.17. The van der Waals surface area contributed by atoms with Crippen molar-refractivity contribution in [3.63, 3.8) is 0 Å². The van der Waals surface area contributed by atoms with Gasteiger partial charge in [0.15, 0.2) is 0 Å². The Bertz CT molecular complexity index is 1240. The summed E-state index contributed by atoms with van der Waals surface area (Å²) in [6.07, 6.45) is 3.31. The molecule has 0 aliphatic heterocycles. The van der Waals surface area contributed by atoms with E-state index in [-0.39, 0.29) is 23.7 Å². The van der Waals surface area contributed by atoms with Crippen molar-refractivity contribution in [2.75, 3.05) is 31.6 Å². The Balaban J connectivity index is 1.42. The minimum absolute atomic E-state index is 0.0583. The maximum atomic E-state index is 13.6. The van der Waals surface area contributed by atoms with Crippen LogP contribution < -0.4 is 0 Å². The van der Waals surface area contributed by atoms with Crippen molar-refractivity contribution < 1.29 is 31.1 Å². The molecule has 0 heterocycles. The zero-order chi connectivity index (χ0) is 29.9. The van der Waals surface area contributed by atoms with Crippen molar-refractivity contribution in [2.45, 2.75) is 83.2 Å². The number of phenolic OH excluding ortho intramolecular Hbond substituents is 1. The number of allylic oxidation sites excluding steroid dienone is 2. The number of rotatable bonds is 16. The summed E-state index contributed by atoms with van der Waals surface area (Å²) >= 11 is 0. The first-order chi connectivity index (χ1) is 19.4. The van der Waals surface area contributed by atoms with Gasteiger partial charge in [0.2, 0.25) is 0 Å². The predicted molar refractivity (Wildman–Crippen MR) is 158 cm³/mol. The first-order valence-electron chi connectivity index (χ1n) is 14.7. The highest BCUT2D eigenvalue weighted by Gasteiger charge is 2.27. The number of aromatic hydroxyl groups is 1. The number of alkyl halides is 3. The smallest absolute Gasteiger partial charge is 0.389 e. The molecule has 3 rings (SSSR count). The molecule has 1 aliphatic carbocycles. The molecule has 0 radical (unpaired) electrons. The summed E-state index contributed by atoms with van der Waals surface area (Å²) in [6, 6.07) is 12.4. The Morgan fingerprint density at radius 2 is 1.51 bits per heavy atom. The predicted octanol–water partition coefficient (Wildman–Crippen LogP) is 8.20. The van der Waals surface area contributed by atoms with Crippen LogP contribution in [0.25, 0.3) is 11.1 Å². The Morgan fingerprint density at radius 3 is 2.22 bits per heavy atom. The fraction of sp³-hybridized carbons (Fsp3) is 0.562. The summed E-state index contributed by atoms with van der Waals surface area (Å²) in [6.45, 7) is 1.67. The van der Waals surface area contributed by atoms with E-state index in [1.165, 1.54) is 28.8 Å². The van der Waals surface area contributed by atoms with Crippen LogP contribution in [0, 0.1) is 5.82 Å². The third-order valence-corrected chi connectivity index (χ3v) is 9.54. The number of nitrogens with zero attached hydrogens (tertiary/aromatic N) is 1. The average molecular weight is 598 g/mol. The van der Waals surface area contributed by atoms with Crippen LogP contribution in [0.4, 0.5) is 17.6 Å². The second-order valence-electron chi connectivity index (χ2n) is 11.2. The molecule has 2 aromatic rings. The maximum Gasteiger partial charge on any atom is 0.389 e. The van der Waals surface area contributed by atoms with Gasteiger partial charge >= 0.3 is 6.18 Å². The van der Waals surface area contributed by atoms with Crippen LogP contribution in [-0.2, 0) is 16.3 Å². The van der Waals surface area contributed by atoms with Gasteiger partial charge in [-0.1, -0.05) is 31.0 Å². The van der Waals surface area contributed by atoms with E-state index in [0.29, 0.717) is 12.8 Å². The Hall–Kier alpha value is -2.39. The van der Waals surface area contributed by atoms with E-state index in [2.05, 4.69) is 4.90 Å². The lowest BCUT2D eigenvalue weighted by Crippen LogP contribution is -2.22. The van der Waals surface area contributed by atoms with Gasteiger partial charge in [-0.3, -0.25) is 0 Å². The molecule has 0 saturated carbocycles. The monoisotopic (exact) mass is 597 g/mol. The third-order valence-electron chi connectivity index (χ3n) is 7.72. The molecule has 0 unspecified atom stereocenters. The number of hydrogen-bond donors (Lipinski definition) is 1. The van der Waals surface area contributed by atoms with Crippen molar-refractivity contribution in [2.24, 2.45) is 0 Å². The van der Waals surface area contributed by atoms with Gasteiger partial charge in [-0.15, -0.1) is 0 Å². The fourth-order valence-electron chi connectivity index (χ4n) is 5.55. The second kappa shape index (κ2) is 15.7. The number of benzene rings is 2. The van der Waals surface area contributed by atoms with Gasteiger partial charge in [0, 0.05) is 6.42 Å². The molecule has 1 aliphatic rings. The molecule has 41 heavy (non-hydrogen) atoms. The zero-order valence-corrected chi connectivity index (χ0v) is 24.8. The Morgan fingerprint density at radius 1 is 0.854 bits per heavy atom. The minimum atomic E-state index is -4.31. The molecular formula is C32H43F4NO3S. The summed E-state index contributed by atoms with van der Waals surface area (Å²) in [5, 5.41) is 10.0. The number of unbranched alkanes of at least 4 members (excludes halogenated alkanes) is 4. The summed E-state index contributed by atoms with van der Waals surface area (Å²) < 4.78 is 74.2. The number of aryl methyl sites for hydroxylation is 1. The van der Waals surface area contributed by atoms with Crippen LogP contribution in [0.5, 0.6) is 5.75 Å². The molecule has 0 aromatic heterocycles. The van der Waals surface area contributed by atoms with Gasteiger partial charge in [-0.05, 0) is 130 Å². The van der Waals surface area contributed by atoms with Crippen LogP contribution >= 0.6 is 0 Å².